The second-order valence-corrected chi connectivity index (χ2v) is 3.85. The average molecular weight is 278 g/mol. The van der Waals surface area contributed by atoms with Crippen LogP contribution in [0.25, 0.3) is 0 Å². The highest BCUT2D eigenvalue weighted by Crippen LogP contribution is 2.13. The standard InChI is InChI=1S/C14H18N2O4/c1-10(17)15-14(19-3)13(16-20-4)12-8-6-5-7-11(12)9-18-2/h5-8H,9H2,1-4H3. The Morgan fingerprint density at radius 2 is 1.90 bits per heavy atom. The minimum atomic E-state index is -0.380. The van der Waals surface area contributed by atoms with Crippen molar-refractivity contribution in [2.45, 2.75) is 13.5 Å². The molecule has 108 valence electrons. The van der Waals surface area contributed by atoms with Crippen molar-refractivity contribution in [2.24, 2.45) is 10.1 Å². The lowest BCUT2D eigenvalue weighted by Crippen LogP contribution is -2.21. The van der Waals surface area contributed by atoms with Crippen molar-refractivity contribution < 1.29 is 19.1 Å². The molecular formula is C14H18N2O4. The van der Waals surface area contributed by atoms with Gasteiger partial charge in [-0.15, -0.1) is 0 Å². The van der Waals surface area contributed by atoms with E-state index in [2.05, 4.69) is 10.1 Å². The van der Waals surface area contributed by atoms with Crippen molar-refractivity contribution in [1.29, 1.82) is 0 Å². The van der Waals surface area contributed by atoms with Crippen molar-refractivity contribution in [2.75, 3.05) is 21.3 Å². The highest BCUT2D eigenvalue weighted by atomic mass is 16.6. The van der Waals surface area contributed by atoms with Crippen molar-refractivity contribution >= 4 is 17.5 Å². The van der Waals surface area contributed by atoms with Crippen LogP contribution in [-0.4, -0.2) is 38.8 Å². The van der Waals surface area contributed by atoms with Gasteiger partial charge in [0.05, 0.1) is 13.7 Å². The molecule has 0 aliphatic carbocycles. The fourth-order valence-electron chi connectivity index (χ4n) is 1.67. The van der Waals surface area contributed by atoms with E-state index in [0.29, 0.717) is 12.3 Å². The van der Waals surface area contributed by atoms with E-state index in [0.717, 1.165) is 11.1 Å². The van der Waals surface area contributed by atoms with Gasteiger partial charge < -0.3 is 14.3 Å². The Hall–Kier alpha value is -2.21. The zero-order valence-corrected chi connectivity index (χ0v) is 12.0. The summed E-state index contributed by atoms with van der Waals surface area (Å²) >= 11 is 0. The monoisotopic (exact) mass is 278 g/mol. The lowest BCUT2D eigenvalue weighted by atomic mass is 10.0. The molecule has 0 heterocycles. The van der Waals surface area contributed by atoms with E-state index in [1.807, 2.05) is 24.3 Å². The summed E-state index contributed by atoms with van der Waals surface area (Å²) in [5, 5.41) is 3.91. The molecular weight excluding hydrogens is 260 g/mol. The quantitative estimate of drug-likeness (QED) is 0.467. The maximum atomic E-state index is 11.2. The molecule has 0 unspecified atom stereocenters. The summed E-state index contributed by atoms with van der Waals surface area (Å²) < 4.78 is 10.3. The van der Waals surface area contributed by atoms with E-state index in [1.54, 1.807) is 7.11 Å². The third kappa shape index (κ3) is 4.17. The summed E-state index contributed by atoms with van der Waals surface area (Å²) in [6.07, 6.45) is 0. The summed E-state index contributed by atoms with van der Waals surface area (Å²) in [4.78, 5) is 19.8. The van der Waals surface area contributed by atoms with Crippen molar-refractivity contribution in [3.8, 4) is 0 Å². The highest BCUT2D eigenvalue weighted by Gasteiger charge is 2.18. The maximum Gasteiger partial charge on any atom is 0.246 e. The van der Waals surface area contributed by atoms with Crippen LogP contribution >= 0.6 is 0 Å². The Bertz CT molecular complexity index is 524. The lowest BCUT2D eigenvalue weighted by Gasteiger charge is -2.11. The predicted molar refractivity (Wildman–Crippen MR) is 75.8 cm³/mol. The third-order valence-corrected chi connectivity index (χ3v) is 2.41. The van der Waals surface area contributed by atoms with Crippen LogP contribution in [0.5, 0.6) is 0 Å². The first-order valence-electron chi connectivity index (χ1n) is 5.96. The van der Waals surface area contributed by atoms with Crippen LogP contribution in [0, 0.1) is 0 Å². The number of oxime groups is 1. The number of aliphatic imine (C=N–C) groups is 1. The predicted octanol–water partition coefficient (Wildman–Crippen LogP) is 1.77. The van der Waals surface area contributed by atoms with E-state index in [9.17, 15) is 4.79 Å². The normalized spacial score (nSPS) is 12.2. The number of ether oxygens (including phenoxy) is 2. The van der Waals surface area contributed by atoms with Crippen LogP contribution in [0.15, 0.2) is 34.4 Å². The average Bonchev–Trinajstić information content (AvgIpc) is 2.43. The van der Waals surface area contributed by atoms with Crippen LogP contribution in [0.3, 0.4) is 0 Å². The molecule has 1 aromatic rings. The molecule has 0 spiro atoms. The molecule has 0 aliphatic rings. The van der Waals surface area contributed by atoms with Gasteiger partial charge in [-0.25, -0.2) is 0 Å². The molecule has 1 aromatic carbocycles. The molecule has 0 aliphatic heterocycles. The lowest BCUT2D eigenvalue weighted by molar-refractivity contribution is -0.115. The zero-order chi connectivity index (χ0) is 15.0. The number of carbonyl (C=O) groups is 1. The minimum Gasteiger partial charge on any atom is -0.479 e. The van der Waals surface area contributed by atoms with Gasteiger partial charge in [0.1, 0.15) is 7.11 Å². The van der Waals surface area contributed by atoms with Crippen LogP contribution in [0.4, 0.5) is 0 Å². The van der Waals surface area contributed by atoms with E-state index in [1.165, 1.54) is 21.1 Å². The molecule has 1 amide bonds. The van der Waals surface area contributed by atoms with E-state index >= 15 is 0 Å². The second kappa shape index (κ2) is 8.06. The van der Waals surface area contributed by atoms with Crippen LogP contribution < -0.4 is 0 Å². The minimum absolute atomic E-state index is 0.0999. The van der Waals surface area contributed by atoms with Gasteiger partial charge in [0.25, 0.3) is 0 Å². The first-order chi connectivity index (χ1) is 9.63. The third-order valence-electron chi connectivity index (χ3n) is 2.41. The molecule has 1 rings (SSSR count). The van der Waals surface area contributed by atoms with Gasteiger partial charge in [0, 0.05) is 19.6 Å². The molecule has 0 atom stereocenters. The number of hydrogen-bond donors (Lipinski definition) is 0. The molecule has 6 nitrogen and oxygen atoms in total. The maximum absolute atomic E-state index is 11.2. The summed E-state index contributed by atoms with van der Waals surface area (Å²) in [5.41, 5.74) is 1.97. The molecule has 0 N–H and O–H groups in total. The molecule has 0 saturated carbocycles. The smallest absolute Gasteiger partial charge is 0.246 e. The molecule has 20 heavy (non-hydrogen) atoms. The first kappa shape index (κ1) is 15.8. The highest BCUT2D eigenvalue weighted by molar-refractivity contribution is 6.46. The number of methoxy groups -OCH3 is 2. The first-order valence-corrected chi connectivity index (χ1v) is 5.96. The van der Waals surface area contributed by atoms with Crippen LogP contribution in [0.2, 0.25) is 0 Å². The number of benzene rings is 1. The molecule has 0 bridgehead atoms. The van der Waals surface area contributed by atoms with Crippen molar-refractivity contribution in [3.05, 3.63) is 35.4 Å². The van der Waals surface area contributed by atoms with Gasteiger partial charge in [-0.3, -0.25) is 4.79 Å². The van der Waals surface area contributed by atoms with E-state index < -0.39 is 0 Å². The molecule has 0 aromatic heterocycles. The topological polar surface area (TPSA) is 69.5 Å². The number of hydrogen-bond acceptors (Lipinski definition) is 5. The van der Waals surface area contributed by atoms with Crippen LogP contribution in [0.1, 0.15) is 18.1 Å². The fourth-order valence-corrected chi connectivity index (χ4v) is 1.67. The summed E-state index contributed by atoms with van der Waals surface area (Å²) in [6.45, 7) is 1.74. The zero-order valence-electron chi connectivity index (χ0n) is 12.0. The van der Waals surface area contributed by atoms with Gasteiger partial charge >= 0.3 is 0 Å². The summed E-state index contributed by atoms with van der Waals surface area (Å²) in [5.74, 6) is -0.280. The Balaban J connectivity index is 3.34. The molecule has 0 fully saturated rings. The van der Waals surface area contributed by atoms with E-state index in [4.69, 9.17) is 14.3 Å². The number of rotatable bonds is 5. The second-order valence-electron chi connectivity index (χ2n) is 3.85. The van der Waals surface area contributed by atoms with Gasteiger partial charge in [0.15, 0.2) is 5.71 Å². The Kier molecular flexibility index (Phi) is 6.39. The SMILES string of the molecule is COCc1ccccc1C(=NOC)C(=NC(C)=O)OC. The van der Waals surface area contributed by atoms with Gasteiger partial charge in [-0.2, -0.15) is 4.99 Å². The van der Waals surface area contributed by atoms with Crippen LogP contribution in [-0.2, 0) is 25.7 Å². The van der Waals surface area contributed by atoms with Crippen molar-refractivity contribution in [3.63, 3.8) is 0 Å². The number of nitrogens with zero attached hydrogens (tertiary/aromatic N) is 2. The largest absolute Gasteiger partial charge is 0.479 e. The van der Waals surface area contributed by atoms with Gasteiger partial charge in [-0.1, -0.05) is 29.4 Å². The number of carbonyl (C=O) groups excluding carboxylic acids is 1. The van der Waals surface area contributed by atoms with Gasteiger partial charge in [-0.05, 0) is 5.56 Å². The summed E-state index contributed by atoms with van der Waals surface area (Å²) in [7, 11) is 4.44. The van der Waals surface area contributed by atoms with Gasteiger partial charge in [0.2, 0.25) is 11.8 Å². The summed E-state index contributed by atoms with van der Waals surface area (Å²) in [6, 6.07) is 7.46. The van der Waals surface area contributed by atoms with Crippen molar-refractivity contribution in [1.82, 2.24) is 0 Å². The molecule has 0 radical (unpaired) electrons. The van der Waals surface area contributed by atoms with E-state index in [-0.39, 0.29) is 11.8 Å². The molecule has 0 saturated heterocycles. The molecule has 6 heteroatoms. The fraction of sp³-hybridized carbons (Fsp3) is 0.357. The Morgan fingerprint density at radius 3 is 2.45 bits per heavy atom. The Morgan fingerprint density at radius 1 is 1.20 bits per heavy atom. The number of amides is 1. The Labute approximate surface area is 118 Å².